The van der Waals surface area contributed by atoms with Crippen molar-refractivity contribution in [2.75, 3.05) is 6.79 Å². The van der Waals surface area contributed by atoms with Gasteiger partial charge in [-0.15, -0.1) is 0 Å². The summed E-state index contributed by atoms with van der Waals surface area (Å²) in [5.74, 6) is 1.27. The lowest BCUT2D eigenvalue weighted by molar-refractivity contribution is -0.385. The fraction of sp³-hybridized carbons (Fsp3) is 0.0476. The van der Waals surface area contributed by atoms with Crippen LogP contribution in [0.3, 0.4) is 0 Å². The monoisotopic (exact) mass is 421 g/mol. The molecule has 5 rings (SSSR count). The summed E-state index contributed by atoms with van der Waals surface area (Å²) in [4.78, 5) is 19.7. The minimum absolute atomic E-state index is 0.0383. The maximum Gasteiger partial charge on any atom is 0.282 e. The van der Waals surface area contributed by atoms with Crippen LogP contribution < -0.4 is 9.47 Å². The van der Waals surface area contributed by atoms with E-state index < -0.39 is 4.92 Å². The Hall–Kier alpha value is -3.91. The summed E-state index contributed by atoms with van der Waals surface area (Å²) in [6.45, 7) is 0.0383. The first-order valence-electron chi connectivity index (χ1n) is 8.85. The number of hydrogen-bond acceptors (Lipinski definition) is 7. The maximum atomic E-state index is 11.4. The van der Waals surface area contributed by atoms with Crippen LogP contribution in [0.15, 0.2) is 64.0 Å². The molecule has 0 spiro atoms. The van der Waals surface area contributed by atoms with E-state index in [2.05, 4.69) is 9.98 Å². The van der Waals surface area contributed by atoms with E-state index in [1.54, 1.807) is 36.4 Å². The summed E-state index contributed by atoms with van der Waals surface area (Å²) in [7, 11) is 0. The Labute approximate surface area is 174 Å². The van der Waals surface area contributed by atoms with E-state index in [-0.39, 0.29) is 12.5 Å². The van der Waals surface area contributed by atoms with Crippen molar-refractivity contribution in [1.29, 1.82) is 0 Å². The molecule has 0 aliphatic carbocycles. The van der Waals surface area contributed by atoms with Crippen molar-refractivity contribution >= 4 is 40.3 Å². The van der Waals surface area contributed by atoms with Gasteiger partial charge in [0.2, 0.25) is 12.7 Å². The Morgan fingerprint density at radius 1 is 1.07 bits per heavy atom. The largest absolute Gasteiger partial charge is 0.454 e. The Kier molecular flexibility index (Phi) is 4.33. The molecule has 9 heteroatoms. The van der Waals surface area contributed by atoms with E-state index in [1.807, 2.05) is 12.1 Å². The van der Waals surface area contributed by atoms with E-state index in [1.165, 1.54) is 12.3 Å². The normalized spacial score (nSPS) is 12.7. The van der Waals surface area contributed by atoms with Gasteiger partial charge in [-0.2, -0.15) is 0 Å². The zero-order valence-electron chi connectivity index (χ0n) is 15.2. The molecular weight excluding hydrogens is 410 g/mol. The van der Waals surface area contributed by atoms with Crippen molar-refractivity contribution < 1.29 is 18.8 Å². The minimum atomic E-state index is -0.480. The van der Waals surface area contributed by atoms with Gasteiger partial charge in [-0.25, -0.2) is 4.98 Å². The molecule has 0 radical (unpaired) electrons. The minimum Gasteiger partial charge on any atom is -0.454 e. The average Bonchev–Trinajstić information content (AvgIpc) is 3.37. The summed E-state index contributed by atoms with van der Waals surface area (Å²) in [6.07, 6.45) is 1.43. The molecule has 0 unspecified atom stereocenters. The van der Waals surface area contributed by atoms with Crippen molar-refractivity contribution in [3.63, 3.8) is 0 Å². The number of oxazole rings is 1. The van der Waals surface area contributed by atoms with Crippen LogP contribution in [0.4, 0.5) is 11.4 Å². The van der Waals surface area contributed by atoms with E-state index in [0.29, 0.717) is 44.8 Å². The number of halogens is 1. The lowest BCUT2D eigenvalue weighted by atomic mass is 10.1. The number of nitro groups is 1. The van der Waals surface area contributed by atoms with Gasteiger partial charge in [-0.3, -0.25) is 15.1 Å². The average molecular weight is 422 g/mol. The Morgan fingerprint density at radius 2 is 1.83 bits per heavy atom. The third kappa shape index (κ3) is 3.33. The van der Waals surface area contributed by atoms with Crippen molar-refractivity contribution in [3.8, 4) is 23.0 Å². The van der Waals surface area contributed by atoms with Gasteiger partial charge in [0, 0.05) is 16.8 Å². The number of rotatable bonds is 4. The van der Waals surface area contributed by atoms with Crippen molar-refractivity contribution in [2.45, 2.75) is 0 Å². The van der Waals surface area contributed by atoms with Crippen molar-refractivity contribution in [3.05, 3.63) is 75.3 Å². The summed E-state index contributed by atoms with van der Waals surface area (Å²) < 4.78 is 16.2. The molecule has 0 bridgehead atoms. The van der Waals surface area contributed by atoms with Gasteiger partial charge < -0.3 is 13.9 Å². The van der Waals surface area contributed by atoms with Gasteiger partial charge in [-0.05, 0) is 48.5 Å². The third-order valence-electron chi connectivity index (χ3n) is 4.54. The van der Waals surface area contributed by atoms with Crippen LogP contribution in [-0.4, -0.2) is 22.9 Å². The number of nitro benzene ring substituents is 1. The number of aliphatic imine (C=N–C) groups is 1. The molecule has 2 heterocycles. The van der Waals surface area contributed by atoms with E-state index >= 15 is 0 Å². The highest BCUT2D eigenvalue weighted by molar-refractivity contribution is 6.31. The van der Waals surface area contributed by atoms with Gasteiger partial charge >= 0.3 is 0 Å². The van der Waals surface area contributed by atoms with Crippen LogP contribution in [0.2, 0.25) is 5.02 Å². The van der Waals surface area contributed by atoms with E-state index in [0.717, 1.165) is 5.56 Å². The Bertz CT molecular complexity index is 1310. The molecule has 1 aromatic heterocycles. The van der Waals surface area contributed by atoms with Crippen LogP contribution in [0.5, 0.6) is 11.5 Å². The molecule has 8 nitrogen and oxygen atoms in total. The van der Waals surface area contributed by atoms with Gasteiger partial charge in [0.15, 0.2) is 17.1 Å². The lowest BCUT2D eigenvalue weighted by Crippen LogP contribution is -1.94. The summed E-state index contributed by atoms with van der Waals surface area (Å²) >= 11 is 5.99. The van der Waals surface area contributed by atoms with Crippen LogP contribution in [0.25, 0.3) is 22.6 Å². The maximum absolute atomic E-state index is 11.4. The molecule has 0 N–H and O–H groups in total. The number of nitrogens with zero attached hydrogens (tertiary/aromatic N) is 3. The zero-order valence-corrected chi connectivity index (χ0v) is 16.0. The molecule has 0 fully saturated rings. The number of ether oxygens (including phenoxy) is 2. The molecule has 1 aliphatic heterocycles. The Balaban J connectivity index is 1.42. The first kappa shape index (κ1) is 18.1. The standard InChI is InChI=1S/C21H12ClN3O5/c22-14-3-6-18-16(8-14)24-21(30-18)12-1-4-15(5-2-12)23-10-13-7-19-20(29-11-28-19)9-17(13)25(26)27/h1-10H,11H2. The molecule has 0 amide bonds. The first-order chi connectivity index (χ1) is 14.6. The fourth-order valence-corrected chi connectivity index (χ4v) is 3.23. The number of aromatic nitrogens is 1. The molecule has 1 aliphatic rings. The zero-order chi connectivity index (χ0) is 20.7. The molecule has 4 aromatic rings. The highest BCUT2D eigenvalue weighted by Crippen LogP contribution is 2.37. The van der Waals surface area contributed by atoms with Crippen LogP contribution in [-0.2, 0) is 0 Å². The molecule has 0 saturated carbocycles. The topological polar surface area (TPSA) is 100.0 Å². The predicted octanol–water partition coefficient (Wildman–Crippen LogP) is 5.54. The number of fused-ring (bicyclic) bond motifs is 2. The molecule has 0 atom stereocenters. The summed E-state index contributed by atoms with van der Waals surface area (Å²) in [6, 6.07) is 15.3. The smallest absolute Gasteiger partial charge is 0.282 e. The predicted molar refractivity (Wildman–Crippen MR) is 111 cm³/mol. The van der Waals surface area contributed by atoms with Crippen molar-refractivity contribution in [1.82, 2.24) is 4.98 Å². The highest BCUT2D eigenvalue weighted by atomic mass is 35.5. The Morgan fingerprint density at radius 3 is 2.60 bits per heavy atom. The van der Waals surface area contributed by atoms with Crippen LogP contribution >= 0.6 is 11.6 Å². The second kappa shape index (κ2) is 7.16. The van der Waals surface area contributed by atoms with Gasteiger partial charge in [0.05, 0.1) is 22.2 Å². The second-order valence-electron chi connectivity index (χ2n) is 6.46. The molecular formula is C21H12ClN3O5. The number of hydrogen-bond donors (Lipinski definition) is 0. The molecule has 30 heavy (non-hydrogen) atoms. The van der Waals surface area contributed by atoms with Crippen LogP contribution in [0.1, 0.15) is 5.56 Å². The van der Waals surface area contributed by atoms with E-state index in [9.17, 15) is 10.1 Å². The van der Waals surface area contributed by atoms with Gasteiger partial charge in [0.25, 0.3) is 5.69 Å². The third-order valence-corrected chi connectivity index (χ3v) is 4.77. The summed E-state index contributed by atoms with van der Waals surface area (Å²) in [5.41, 5.74) is 2.93. The fourth-order valence-electron chi connectivity index (χ4n) is 3.07. The highest BCUT2D eigenvalue weighted by Gasteiger charge is 2.22. The van der Waals surface area contributed by atoms with Gasteiger partial charge in [-0.1, -0.05) is 11.6 Å². The van der Waals surface area contributed by atoms with E-state index in [4.69, 9.17) is 25.5 Å². The number of benzene rings is 3. The van der Waals surface area contributed by atoms with Gasteiger partial charge in [0.1, 0.15) is 5.52 Å². The SMILES string of the molecule is O=[N+]([O-])c1cc2c(cc1C=Nc1ccc(-c3nc4cc(Cl)ccc4o3)cc1)OCO2. The molecule has 3 aromatic carbocycles. The second-order valence-corrected chi connectivity index (χ2v) is 6.89. The molecule has 0 saturated heterocycles. The molecule has 148 valence electrons. The van der Waals surface area contributed by atoms with Crippen LogP contribution in [0, 0.1) is 10.1 Å². The summed E-state index contributed by atoms with van der Waals surface area (Å²) in [5, 5.41) is 11.9. The van der Waals surface area contributed by atoms with Crippen molar-refractivity contribution in [2.24, 2.45) is 4.99 Å². The quantitative estimate of drug-likeness (QED) is 0.244. The lowest BCUT2D eigenvalue weighted by Gasteiger charge is -2.01. The first-order valence-corrected chi connectivity index (χ1v) is 9.23.